The van der Waals surface area contributed by atoms with E-state index < -0.39 is 0 Å². The van der Waals surface area contributed by atoms with Crippen molar-refractivity contribution in [3.63, 3.8) is 0 Å². The highest BCUT2D eigenvalue weighted by Gasteiger charge is 2.08. The molecule has 2 rings (SSSR count). The molecule has 0 saturated heterocycles. The average Bonchev–Trinajstić information content (AvgIpc) is 2.70. The molecule has 0 saturated carbocycles. The van der Waals surface area contributed by atoms with Crippen LogP contribution in [0.3, 0.4) is 0 Å². The SMILES string of the molecule is CCCCCC(=O)Nc1ccc(NC(=S)NC(=O)c2ccc(CCC)cc2)cc1. The van der Waals surface area contributed by atoms with E-state index in [2.05, 4.69) is 29.8 Å². The number of anilines is 2. The van der Waals surface area contributed by atoms with Crippen molar-refractivity contribution in [1.29, 1.82) is 0 Å². The van der Waals surface area contributed by atoms with E-state index >= 15 is 0 Å². The first-order valence-electron chi connectivity index (χ1n) is 10.1. The molecular weight excluding hydrogens is 382 g/mol. The second-order valence-corrected chi connectivity index (χ2v) is 7.35. The van der Waals surface area contributed by atoms with Gasteiger partial charge in [0.15, 0.2) is 5.11 Å². The number of carbonyl (C=O) groups excluding carboxylic acids is 2. The monoisotopic (exact) mass is 411 g/mol. The van der Waals surface area contributed by atoms with Crippen LogP contribution in [0, 0.1) is 0 Å². The fourth-order valence-electron chi connectivity index (χ4n) is 2.85. The van der Waals surface area contributed by atoms with Crippen LogP contribution < -0.4 is 16.0 Å². The van der Waals surface area contributed by atoms with Crippen molar-refractivity contribution in [3.05, 3.63) is 59.7 Å². The van der Waals surface area contributed by atoms with E-state index in [0.29, 0.717) is 12.0 Å². The quantitative estimate of drug-likeness (QED) is 0.388. The van der Waals surface area contributed by atoms with Crippen molar-refractivity contribution in [2.75, 3.05) is 10.6 Å². The van der Waals surface area contributed by atoms with Gasteiger partial charge in [0, 0.05) is 23.4 Å². The molecule has 0 heterocycles. The average molecular weight is 412 g/mol. The number of unbranched alkanes of at least 4 members (excludes halogenated alkanes) is 2. The molecule has 0 unspecified atom stereocenters. The number of carbonyl (C=O) groups is 2. The van der Waals surface area contributed by atoms with Gasteiger partial charge in [0.25, 0.3) is 5.91 Å². The molecule has 0 aliphatic heterocycles. The van der Waals surface area contributed by atoms with Gasteiger partial charge in [0.05, 0.1) is 0 Å². The summed E-state index contributed by atoms with van der Waals surface area (Å²) in [4.78, 5) is 24.2. The number of amides is 2. The number of nitrogens with one attached hydrogen (secondary N) is 3. The fourth-order valence-corrected chi connectivity index (χ4v) is 3.06. The molecule has 2 amide bonds. The Morgan fingerprint density at radius 1 is 0.828 bits per heavy atom. The van der Waals surface area contributed by atoms with Gasteiger partial charge in [-0.25, -0.2) is 0 Å². The fraction of sp³-hybridized carbons (Fsp3) is 0.348. The van der Waals surface area contributed by atoms with E-state index in [9.17, 15) is 9.59 Å². The van der Waals surface area contributed by atoms with E-state index in [-0.39, 0.29) is 16.9 Å². The Bertz CT molecular complexity index is 817. The van der Waals surface area contributed by atoms with Crippen LogP contribution in [0.2, 0.25) is 0 Å². The molecule has 0 atom stereocenters. The van der Waals surface area contributed by atoms with Crippen molar-refractivity contribution in [2.24, 2.45) is 0 Å². The number of thiocarbonyl (C=S) groups is 1. The molecule has 2 aromatic carbocycles. The first kappa shape index (κ1) is 22.6. The Hall–Kier alpha value is -2.73. The Labute approximate surface area is 178 Å². The summed E-state index contributed by atoms with van der Waals surface area (Å²) in [7, 11) is 0. The summed E-state index contributed by atoms with van der Waals surface area (Å²) in [6.45, 7) is 4.23. The van der Waals surface area contributed by atoms with Gasteiger partial charge in [-0.2, -0.15) is 0 Å². The van der Waals surface area contributed by atoms with Gasteiger partial charge in [0.1, 0.15) is 0 Å². The topological polar surface area (TPSA) is 70.2 Å². The minimum atomic E-state index is -0.249. The summed E-state index contributed by atoms with van der Waals surface area (Å²) in [6, 6.07) is 14.8. The zero-order chi connectivity index (χ0) is 21.1. The van der Waals surface area contributed by atoms with Gasteiger partial charge < -0.3 is 10.6 Å². The van der Waals surface area contributed by atoms with Gasteiger partial charge in [-0.1, -0.05) is 45.2 Å². The molecule has 0 aliphatic rings. The van der Waals surface area contributed by atoms with E-state index in [4.69, 9.17) is 12.2 Å². The van der Waals surface area contributed by atoms with Crippen LogP contribution in [0.5, 0.6) is 0 Å². The van der Waals surface area contributed by atoms with Crippen LogP contribution in [-0.4, -0.2) is 16.9 Å². The van der Waals surface area contributed by atoms with Crippen LogP contribution in [0.15, 0.2) is 48.5 Å². The van der Waals surface area contributed by atoms with E-state index in [1.165, 1.54) is 5.56 Å². The molecular formula is C23H29N3O2S. The Balaban J connectivity index is 1.82. The first-order chi connectivity index (χ1) is 14.0. The third-order valence-corrected chi connectivity index (χ3v) is 4.62. The number of benzene rings is 2. The second-order valence-electron chi connectivity index (χ2n) is 6.94. The second kappa shape index (κ2) is 12.0. The lowest BCUT2D eigenvalue weighted by Crippen LogP contribution is -2.34. The predicted octanol–water partition coefficient (Wildman–Crippen LogP) is 5.28. The lowest BCUT2D eigenvalue weighted by Gasteiger charge is -2.11. The van der Waals surface area contributed by atoms with Crippen molar-refractivity contribution in [1.82, 2.24) is 5.32 Å². The molecule has 29 heavy (non-hydrogen) atoms. The third-order valence-electron chi connectivity index (χ3n) is 4.42. The molecule has 3 N–H and O–H groups in total. The largest absolute Gasteiger partial charge is 0.332 e. The number of rotatable bonds is 9. The molecule has 154 valence electrons. The Morgan fingerprint density at radius 3 is 2.03 bits per heavy atom. The standard InChI is InChI=1S/C23H29N3O2S/c1-3-5-6-8-21(27)24-19-13-15-20(16-14-19)25-23(29)26-22(28)18-11-9-17(7-4-2)10-12-18/h9-16H,3-8H2,1-2H3,(H,24,27)(H2,25,26,28,29). The molecule has 2 aromatic rings. The van der Waals surface area contributed by atoms with E-state index in [1.54, 1.807) is 36.4 Å². The lowest BCUT2D eigenvalue weighted by atomic mass is 10.1. The summed E-state index contributed by atoms with van der Waals surface area (Å²) in [5.74, 6) is -0.228. The normalized spacial score (nSPS) is 10.3. The summed E-state index contributed by atoms with van der Waals surface area (Å²) in [6.07, 6.45) is 5.65. The molecule has 0 aliphatic carbocycles. The Kier molecular flexibility index (Phi) is 9.31. The Morgan fingerprint density at radius 2 is 1.45 bits per heavy atom. The first-order valence-corrected chi connectivity index (χ1v) is 10.5. The van der Waals surface area contributed by atoms with Crippen LogP contribution in [0.25, 0.3) is 0 Å². The summed E-state index contributed by atoms with van der Waals surface area (Å²) in [5.41, 5.74) is 3.24. The minimum Gasteiger partial charge on any atom is -0.332 e. The van der Waals surface area contributed by atoms with Gasteiger partial charge in [-0.15, -0.1) is 0 Å². The maximum Gasteiger partial charge on any atom is 0.257 e. The predicted molar refractivity (Wildman–Crippen MR) is 123 cm³/mol. The van der Waals surface area contributed by atoms with Gasteiger partial charge >= 0.3 is 0 Å². The lowest BCUT2D eigenvalue weighted by molar-refractivity contribution is -0.116. The number of hydrogen-bond donors (Lipinski definition) is 3. The zero-order valence-corrected chi connectivity index (χ0v) is 17.9. The maximum atomic E-state index is 12.3. The van der Waals surface area contributed by atoms with Crippen LogP contribution in [0.4, 0.5) is 11.4 Å². The summed E-state index contributed by atoms with van der Waals surface area (Å²) < 4.78 is 0. The van der Waals surface area contributed by atoms with Crippen LogP contribution >= 0.6 is 12.2 Å². The van der Waals surface area contributed by atoms with Crippen molar-refractivity contribution in [2.45, 2.75) is 52.4 Å². The zero-order valence-electron chi connectivity index (χ0n) is 17.1. The highest BCUT2D eigenvalue weighted by atomic mass is 32.1. The van der Waals surface area contributed by atoms with Gasteiger partial charge in [-0.05, 0) is 67.0 Å². The third kappa shape index (κ3) is 8.03. The van der Waals surface area contributed by atoms with E-state index in [1.807, 2.05) is 12.1 Å². The molecule has 6 heteroatoms. The highest BCUT2D eigenvalue weighted by Crippen LogP contribution is 2.14. The number of aryl methyl sites for hydroxylation is 1. The number of hydrogen-bond acceptors (Lipinski definition) is 3. The van der Waals surface area contributed by atoms with Crippen LogP contribution in [0.1, 0.15) is 61.9 Å². The van der Waals surface area contributed by atoms with Crippen molar-refractivity contribution in [3.8, 4) is 0 Å². The van der Waals surface area contributed by atoms with E-state index in [0.717, 1.165) is 43.5 Å². The van der Waals surface area contributed by atoms with Gasteiger partial charge in [-0.3, -0.25) is 14.9 Å². The maximum absolute atomic E-state index is 12.3. The van der Waals surface area contributed by atoms with Crippen LogP contribution in [-0.2, 0) is 11.2 Å². The molecule has 5 nitrogen and oxygen atoms in total. The summed E-state index contributed by atoms with van der Waals surface area (Å²) >= 11 is 5.23. The smallest absolute Gasteiger partial charge is 0.257 e. The van der Waals surface area contributed by atoms with Crippen molar-refractivity contribution >= 4 is 40.5 Å². The molecule has 0 radical (unpaired) electrons. The molecule has 0 fully saturated rings. The highest BCUT2D eigenvalue weighted by molar-refractivity contribution is 7.80. The van der Waals surface area contributed by atoms with Gasteiger partial charge in [0.2, 0.25) is 5.91 Å². The molecule has 0 spiro atoms. The molecule has 0 aromatic heterocycles. The minimum absolute atomic E-state index is 0.0203. The van der Waals surface area contributed by atoms with Crippen molar-refractivity contribution < 1.29 is 9.59 Å². The summed E-state index contributed by atoms with van der Waals surface area (Å²) in [5, 5.41) is 8.77. The molecule has 0 bridgehead atoms.